The van der Waals surface area contributed by atoms with Crippen molar-refractivity contribution in [3.05, 3.63) is 119 Å². The van der Waals surface area contributed by atoms with Gasteiger partial charge in [-0.3, -0.25) is 5.32 Å². The first kappa shape index (κ1) is 24.6. The Bertz CT molecular complexity index is 1320. The van der Waals surface area contributed by atoms with Crippen LogP contribution in [-0.2, 0) is 37.7 Å². The van der Waals surface area contributed by atoms with Crippen molar-refractivity contribution in [2.45, 2.75) is 31.1 Å². The summed E-state index contributed by atoms with van der Waals surface area (Å²) >= 11 is 0. The molecule has 7 heteroatoms. The second-order valence-electron chi connectivity index (χ2n) is 9.45. The molecule has 0 unspecified atom stereocenters. The Kier molecular flexibility index (Phi) is 6.48. The summed E-state index contributed by atoms with van der Waals surface area (Å²) in [5.74, 6) is -0.550. The lowest BCUT2D eigenvalue weighted by atomic mass is 9.74. The van der Waals surface area contributed by atoms with E-state index in [1.807, 2.05) is 91.9 Å². The quantitative estimate of drug-likeness (QED) is 0.347. The molecular weight excluding hydrogens is 466 g/mol. The highest BCUT2D eigenvalue weighted by Crippen LogP contribution is 2.61. The zero-order valence-electron chi connectivity index (χ0n) is 21.3. The molecule has 5 rings (SSSR count). The molecule has 2 heterocycles. The molecule has 37 heavy (non-hydrogen) atoms. The smallest absolute Gasteiger partial charge is 0.340 e. The highest BCUT2D eigenvalue weighted by molar-refractivity contribution is 6.05. The Hall–Kier alpha value is -4.10. The monoisotopic (exact) mass is 497 g/mol. The van der Waals surface area contributed by atoms with Gasteiger partial charge in [-0.1, -0.05) is 90.5 Å². The molecule has 0 spiro atoms. The zero-order chi connectivity index (χ0) is 26.0. The van der Waals surface area contributed by atoms with Gasteiger partial charge in [0.2, 0.25) is 0 Å². The zero-order valence-corrected chi connectivity index (χ0v) is 21.3. The number of nitrogens with zero attached hydrogens (tertiary/aromatic N) is 1. The van der Waals surface area contributed by atoms with Crippen LogP contribution in [0.2, 0.25) is 0 Å². The standard InChI is InChI=1S/C30H31N3O4/c1-21-14-16-24(17-15-21)29-20-33(29)26(31-18-22-10-6-4-7-11-22)25(27(34)36-2)30(29,28(35)37-3)32-19-23-12-8-5-9-13-23/h4-17,31-32H,18-20H2,1-3H3/t29-,30+,33?/m1/s1. The van der Waals surface area contributed by atoms with E-state index >= 15 is 0 Å². The maximum absolute atomic E-state index is 13.9. The number of carbonyl (C=O) groups excluding carboxylic acids is 2. The Labute approximate surface area is 217 Å². The fraction of sp³-hybridized carbons (Fsp3) is 0.267. The van der Waals surface area contributed by atoms with Crippen molar-refractivity contribution >= 4 is 11.9 Å². The fourth-order valence-electron chi connectivity index (χ4n) is 5.48. The molecule has 2 aliphatic rings. The number of rotatable bonds is 9. The number of benzene rings is 3. The SMILES string of the molecule is COC(=O)C1=C(NCc2ccccc2)N2C[C@@]2(c2ccc(C)cc2)[C@@]1(NCc1ccccc1)C(=O)OC. The highest BCUT2D eigenvalue weighted by atomic mass is 16.5. The van der Waals surface area contributed by atoms with Crippen LogP contribution in [0, 0.1) is 6.92 Å². The number of nitrogens with one attached hydrogen (secondary N) is 2. The van der Waals surface area contributed by atoms with Gasteiger partial charge in [0.15, 0.2) is 5.54 Å². The maximum atomic E-state index is 13.9. The maximum Gasteiger partial charge on any atom is 0.340 e. The molecule has 0 aromatic heterocycles. The number of aryl methyl sites for hydroxylation is 1. The molecule has 1 fully saturated rings. The van der Waals surface area contributed by atoms with Gasteiger partial charge >= 0.3 is 11.9 Å². The lowest BCUT2D eigenvalue weighted by Gasteiger charge is -2.36. The van der Waals surface area contributed by atoms with Gasteiger partial charge < -0.3 is 19.7 Å². The van der Waals surface area contributed by atoms with Crippen LogP contribution >= 0.6 is 0 Å². The molecule has 2 N–H and O–H groups in total. The van der Waals surface area contributed by atoms with Gasteiger partial charge in [0.05, 0.1) is 20.8 Å². The molecule has 0 aliphatic carbocycles. The summed E-state index contributed by atoms with van der Waals surface area (Å²) in [7, 11) is 2.69. The van der Waals surface area contributed by atoms with Crippen LogP contribution in [0.25, 0.3) is 0 Å². The van der Waals surface area contributed by atoms with Crippen molar-refractivity contribution < 1.29 is 19.1 Å². The third-order valence-electron chi connectivity index (χ3n) is 7.36. The summed E-state index contributed by atoms with van der Waals surface area (Å²) in [5.41, 5.74) is 1.92. The third-order valence-corrected chi connectivity index (χ3v) is 7.36. The molecule has 1 saturated heterocycles. The second kappa shape index (κ2) is 9.75. The van der Waals surface area contributed by atoms with E-state index in [0.717, 1.165) is 22.3 Å². The lowest BCUT2D eigenvalue weighted by Crippen LogP contribution is -2.63. The molecule has 0 saturated carbocycles. The summed E-state index contributed by atoms with van der Waals surface area (Å²) in [6, 6.07) is 27.8. The third kappa shape index (κ3) is 3.96. The summed E-state index contributed by atoms with van der Waals surface area (Å²) in [6.45, 7) is 3.38. The first-order chi connectivity index (χ1) is 18.0. The minimum atomic E-state index is -1.50. The van der Waals surface area contributed by atoms with Gasteiger partial charge in [0.1, 0.15) is 16.9 Å². The molecule has 190 valence electrons. The van der Waals surface area contributed by atoms with E-state index in [-0.39, 0.29) is 5.57 Å². The Morgan fingerprint density at radius 3 is 2.00 bits per heavy atom. The first-order valence-electron chi connectivity index (χ1n) is 12.3. The second-order valence-corrected chi connectivity index (χ2v) is 9.45. The van der Waals surface area contributed by atoms with Crippen molar-refractivity contribution in [2.24, 2.45) is 0 Å². The van der Waals surface area contributed by atoms with Crippen molar-refractivity contribution in [3.8, 4) is 0 Å². The number of hydrogen-bond donors (Lipinski definition) is 2. The van der Waals surface area contributed by atoms with E-state index < -0.39 is 23.0 Å². The number of methoxy groups -OCH3 is 2. The molecule has 0 bridgehead atoms. The predicted octanol–water partition coefficient (Wildman–Crippen LogP) is 3.40. The number of carbonyl (C=O) groups is 2. The molecule has 3 aromatic rings. The van der Waals surface area contributed by atoms with Crippen molar-refractivity contribution in [1.29, 1.82) is 0 Å². The topological polar surface area (TPSA) is 79.7 Å². The van der Waals surface area contributed by atoms with E-state index in [0.29, 0.717) is 25.5 Å². The largest absolute Gasteiger partial charge is 0.467 e. The van der Waals surface area contributed by atoms with Crippen LogP contribution in [0.4, 0.5) is 0 Å². The molecule has 7 nitrogen and oxygen atoms in total. The number of ether oxygens (including phenoxy) is 2. The fourth-order valence-corrected chi connectivity index (χ4v) is 5.48. The minimum absolute atomic E-state index is 0.223. The van der Waals surface area contributed by atoms with Gasteiger partial charge in [-0.2, -0.15) is 0 Å². The normalized spacial score (nSPS) is 21.9. The van der Waals surface area contributed by atoms with Gasteiger partial charge in [0, 0.05) is 13.1 Å². The minimum Gasteiger partial charge on any atom is -0.467 e. The summed E-state index contributed by atoms with van der Waals surface area (Å²) in [5, 5.41) is 6.94. The number of hydrogen-bond acceptors (Lipinski definition) is 7. The van der Waals surface area contributed by atoms with E-state index in [2.05, 4.69) is 15.5 Å². The number of fused-ring (bicyclic) bond motifs is 1. The predicted molar refractivity (Wildman–Crippen MR) is 140 cm³/mol. The summed E-state index contributed by atoms with van der Waals surface area (Å²) < 4.78 is 10.7. The van der Waals surface area contributed by atoms with Crippen LogP contribution in [0.15, 0.2) is 96.3 Å². The average molecular weight is 498 g/mol. The highest BCUT2D eigenvalue weighted by Gasteiger charge is 2.79. The molecule has 0 radical (unpaired) electrons. The van der Waals surface area contributed by atoms with Crippen LogP contribution in [0.5, 0.6) is 0 Å². The van der Waals surface area contributed by atoms with Crippen molar-refractivity contribution in [2.75, 3.05) is 20.8 Å². The average Bonchev–Trinajstić information content (AvgIpc) is 3.64. The van der Waals surface area contributed by atoms with Gasteiger partial charge in [-0.15, -0.1) is 0 Å². The van der Waals surface area contributed by atoms with Crippen molar-refractivity contribution in [1.82, 2.24) is 15.5 Å². The van der Waals surface area contributed by atoms with Gasteiger partial charge in [-0.25, -0.2) is 9.59 Å². The Morgan fingerprint density at radius 2 is 1.43 bits per heavy atom. The number of esters is 2. The van der Waals surface area contributed by atoms with Crippen LogP contribution < -0.4 is 10.6 Å². The Morgan fingerprint density at radius 1 is 0.838 bits per heavy atom. The van der Waals surface area contributed by atoms with Gasteiger partial charge in [0.25, 0.3) is 0 Å². The van der Waals surface area contributed by atoms with Crippen LogP contribution in [0.1, 0.15) is 22.3 Å². The van der Waals surface area contributed by atoms with E-state index in [1.54, 1.807) is 0 Å². The molecule has 2 aliphatic heterocycles. The molecule has 0 amide bonds. The summed E-state index contributed by atoms with van der Waals surface area (Å²) in [4.78, 5) is 29.5. The van der Waals surface area contributed by atoms with E-state index in [4.69, 9.17) is 9.47 Å². The van der Waals surface area contributed by atoms with Crippen LogP contribution in [-0.4, -0.2) is 43.1 Å². The molecular formula is C30H31N3O4. The first-order valence-corrected chi connectivity index (χ1v) is 12.3. The van der Waals surface area contributed by atoms with Crippen LogP contribution in [0.3, 0.4) is 0 Å². The lowest BCUT2D eigenvalue weighted by molar-refractivity contribution is -0.151. The Balaban J connectivity index is 1.67. The van der Waals surface area contributed by atoms with E-state index in [9.17, 15) is 9.59 Å². The molecule has 2 atom stereocenters. The van der Waals surface area contributed by atoms with Crippen molar-refractivity contribution in [3.63, 3.8) is 0 Å². The summed E-state index contributed by atoms with van der Waals surface area (Å²) in [6.07, 6.45) is 0. The molecule has 3 aromatic carbocycles. The van der Waals surface area contributed by atoms with E-state index in [1.165, 1.54) is 14.2 Å². The van der Waals surface area contributed by atoms with Gasteiger partial charge in [-0.05, 0) is 23.6 Å².